The van der Waals surface area contributed by atoms with E-state index in [1.807, 2.05) is 11.4 Å². The number of aliphatic hydroxyl groups is 1. The molecule has 0 radical (unpaired) electrons. The van der Waals surface area contributed by atoms with Gasteiger partial charge in [0.25, 0.3) is 0 Å². The van der Waals surface area contributed by atoms with Gasteiger partial charge < -0.3 is 10.4 Å². The normalized spacial score (nSPS) is 12.4. The molecule has 1 amide bonds. The molecule has 1 rings (SSSR count). The smallest absolute Gasteiger partial charge is 0.220 e. The second-order valence-electron chi connectivity index (χ2n) is 3.58. The van der Waals surface area contributed by atoms with E-state index >= 15 is 0 Å². The number of hydrogen-bond donors (Lipinski definition) is 2. The summed E-state index contributed by atoms with van der Waals surface area (Å²) in [5.74, 6) is 0.0214. The Hall–Kier alpha value is -0.870. The van der Waals surface area contributed by atoms with Crippen molar-refractivity contribution in [3.05, 3.63) is 22.4 Å². The third-order valence-corrected chi connectivity index (χ3v) is 3.02. The molecule has 0 saturated carbocycles. The Bertz CT molecular complexity index is 285. The number of hydrogen-bond acceptors (Lipinski definition) is 3. The highest BCUT2D eigenvalue weighted by atomic mass is 32.1. The van der Waals surface area contributed by atoms with Crippen LogP contribution < -0.4 is 5.32 Å². The summed E-state index contributed by atoms with van der Waals surface area (Å²) in [6.45, 7) is 1.79. The van der Waals surface area contributed by atoms with Crippen LogP contribution in [0.25, 0.3) is 0 Å². The highest BCUT2D eigenvalue weighted by Gasteiger charge is 2.05. The molecule has 1 atom stereocenters. The average molecular weight is 227 g/mol. The van der Waals surface area contributed by atoms with Crippen molar-refractivity contribution in [2.45, 2.75) is 32.2 Å². The van der Waals surface area contributed by atoms with E-state index in [1.54, 1.807) is 18.3 Å². The van der Waals surface area contributed by atoms with Gasteiger partial charge in [0, 0.05) is 17.3 Å². The molecule has 1 aromatic heterocycles. The lowest BCUT2D eigenvalue weighted by Gasteiger charge is -2.09. The van der Waals surface area contributed by atoms with Crippen LogP contribution in [0, 0.1) is 0 Å². The van der Waals surface area contributed by atoms with Crippen LogP contribution in [0.3, 0.4) is 0 Å². The molecule has 1 aromatic rings. The minimum Gasteiger partial charge on any atom is -0.394 e. The predicted octanol–water partition coefficient (Wildman–Crippen LogP) is 1.57. The van der Waals surface area contributed by atoms with E-state index in [9.17, 15) is 4.79 Å². The Labute approximate surface area is 94.1 Å². The molecule has 0 saturated heterocycles. The summed E-state index contributed by atoms with van der Waals surface area (Å²) < 4.78 is 0. The lowest BCUT2D eigenvalue weighted by atomic mass is 10.2. The number of thiophene rings is 1. The van der Waals surface area contributed by atoms with Crippen LogP contribution in [0.15, 0.2) is 17.5 Å². The maximum absolute atomic E-state index is 11.3. The summed E-state index contributed by atoms with van der Waals surface area (Å²) in [4.78, 5) is 12.6. The zero-order valence-corrected chi connectivity index (χ0v) is 9.72. The molecular weight excluding hydrogens is 210 g/mol. The first-order valence-electron chi connectivity index (χ1n) is 5.15. The van der Waals surface area contributed by atoms with Crippen molar-refractivity contribution in [3.8, 4) is 0 Å². The Morgan fingerprint density at radius 1 is 1.67 bits per heavy atom. The second-order valence-corrected chi connectivity index (χ2v) is 4.62. The predicted molar refractivity (Wildman–Crippen MR) is 61.9 cm³/mol. The van der Waals surface area contributed by atoms with Crippen molar-refractivity contribution in [3.63, 3.8) is 0 Å². The molecule has 0 aliphatic rings. The lowest BCUT2D eigenvalue weighted by Crippen LogP contribution is -2.34. The standard InChI is InChI=1S/C11H17NO2S/c1-9(8-13)12-11(14)6-2-4-10-5-3-7-15-10/h3,5,7,9,13H,2,4,6,8H2,1H3,(H,12,14)/t9-/m0/s1. The Balaban J connectivity index is 2.12. The first kappa shape index (κ1) is 12.2. The number of nitrogens with one attached hydrogen (secondary N) is 1. The van der Waals surface area contributed by atoms with Gasteiger partial charge in [-0.3, -0.25) is 4.79 Å². The molecule has 84 valence electrons. The van der Waals surface area contributed by atoms with Gasteiger partial charge in [0.05, 0.1) is 6.61 Å². The second kappa shape index (κ2) is 6.58. The lowest BCUT2D eigenvalue weighted by molar-refractivity contribution is -0.122. The molecule has 3 nitrogen and oxygen atoms in total. The number of rotatable bonds is 6. The number of carbonyl (C=O) groups is 1. The van der Waals surface area contributed by atoms with Crippen molar-refractivity contribution < 1.29 is 9.90 Å². The van der Waals surface area contributed by atoms with Crippen LogP contribution in [0.5, 0.6) is 0 Å². The van der Waals surface area contributed by atoms with Crippen LogP contribution in [-0.2, 0) is 11.2 Å². The van der Waals surface area contributed by atoms with Gasteiger partial charge in [0.15, 0.2) is 0 Å². The van der Waals surface area contributed by atoms with E-state index in [1.165, 1.54) is 4.88 Å². The first-order valence-corrected chi connectivity index (χ1v) is 6.03. The average Bonchev–Trinajstić information content (AvgIpc) is 2.70. The van der Waals surface area contributed by atoms with Gasteiger partial charge >= 0.3 is 0 Å². The van der Waals surface area contributed by atoms with Gasteiger partial charge in [-0.2, -0.15) is 0 Å². The number of carbonyl (C=O) groups excluding carboxylic acids is 1. The summed E-state index contributed by atoms with van der Waals surface area (Å²) >= 11 is 1.72. The van der Waals surface area contributed by atoms with E-state index < -0.39 is 0 Å². The van der Waals surface area contributed by atoms with Crippen LogP contribution >= 0.6 is 11.3 Å². The topological polar surface area (TPSA) is 49.3 Å². The summed E-state index contributed by atoms with van der Waals surface area (Å²) in [7, 11) is 0. The molecule has 0 unspecified atom stereocenters. The van der Waals surface area contributed by atoms with Gasteiger partial charge in [-0.25, -0.2) is 0 Å². The van der Waals surface area contributed by atoms with Crippen molar-refractivity contribution in [1.29, 1.82) is 0 Å². The fraction of sp³-hybridized carbons (Fsp3) is 0.545. The van der Waals surface area contributed by atoms with Crippen molar-refractivity contribution in [1.82, 2.24) is 5.32 Å². The quantitative estimate of drug-likeness (QED) is 0.775. The third-order valence-electron chi connectivity index (χ3n) is 2.09. The van der Waals surface area contributed by atoms with Gasteiger partial charge in [-0.1, -0.05) is 6.07 Å². The molecular formula is C11H17NO2S. The van der Waals surface area contributed by atoms with Crippen molar-refractivity contribution >= 4 is 17.2 Å². The molecule has 0 fully saturated rings. The van der Waals surface area contributed by atoms with Gasteiger partial charge in [-0.05, 0) is 31.2 Å². The Kier molecular flexibility index (Phi) is 5.36. The van der Waals surface area contributed by atoms with E-state index in [-0.39, 0.29) is 18.6 Å². The van der Waals surface area contributed by atoms with E-state index in [0.29, 0.717) is 6.42 Å². The molecule has 4 heteroatoms. The maximum Gasteiger partial charge on any atom is 0.220 e. The fourth-order valence-electron chi connectivity index (χ4n) is 1.27. The minimum atomic E-state index is -0.140. The third kappa shape index (κ3) is 4.95. The van der Waals surface area contributed by atoms with E-state index in [2.05, 4.69) is 11.4 Å². The molecule has 0 aromatic carbocycles. The van der Waals surface area contributed by atoms with Gasteiger partial charge in [-0.15, -0.1) is 11.3 Å². The van der Waals surface area contributed by atoms with Crippen LogP contribution in [0.2, 0.25) is 0 Å². The largest absolute Gasteiger partial charge is 0.394 e. The first-order chi connectivity index (χ1) is 7.22. The SMILES string of the molecule is C[C@@H](CO)NC(=O)CCCc1cccs1. The zero-order chi connectivity index (χ0) is 11.1. The number of aliphatic hydroxyl groups excluding tert-OH is 1. The van der Waals surface area contributed by atoms with Crippen LogP contribution in [-0.4, -0.2) is 23.7 Å². The molecule has 1 heterocycles. The highest BCUT2D eigenvalue weighted by molar-refractivity contribution is 7.09. The van der Waals surface area contributed by atoms with E-state index in [4.69, 9.17) is 5.11 Å². The van der Waals surface area contributed by atoms with Crippen molar-refractivity contribution in [2.75, 3.05) is 6.61 Å². The van der Waals surface area contributed by atoms with Crippen molar-refractivity contribution in [2.24, 2.45) is 0 Å². The Morgan fingerprint density at radius 3 is 3.07 bits per heavy atom. The van der Waals surface area contributed by atoms with Gasteiger partial charge in [0.2, 0.25) is 5.91 Å². The molecule has 0 aliphatic carbocycles. The molecule has 0 spiro atoms. The fourth-order valence-corrected chi connectivity index (χ4v) is 2.02. The summed E-state index contributed by atoms with van der Waals surface area (Å²) in [6.07, 6.45) is 2.35. The minimum absolute atomic E-state index is 0.00331. The van der Waals surface area contributed by atoms with Gasteiger partial charge in [0.1, 0.15) is 0 Å². The summed E-state index contributed by atoms with van der Waals surface area (Å²) in [5, 5.41) is 13.5. The van der Waals surface area contributed by atoms with E-state index in [0.717, 1.165) is 12.8 Å². The maximum atomic E-state index is 11.3. The molecule has 0 bridgehead atoms. The summed E-state index contributed by atoms with van der Waals surface area (Å²) in [6, 6.07) is 3.96. The number of amides is 1. The Morgan fingerprint density at radius 2 is 2.47 bits per heavy atom. The molecule has 2 N–H and O–H groups in total. The van der Waals surface area contributed by atoms with Crippen LogP contribution in [0.4, 0.5) is 0 Å². The number of aryl methyl sites for hydroxylation is 1. The summed E-state index contributed by atoms with van der Waals surface area (Å²) in [5.41, 5.74) is 0. The zero-order valence-electron chi connectivity index (χ0n) is 8.90. The molecule has 15 heavy (non-hydrogen) atoms. The highest BCUT2D eigenvalue weighted by Crippen LogP contribution is 2.11. The van der Waals surface area contributed by atoms with Crippen LogP contribution in [0.1, 0.15) is 24.6 Å². The monoisotopic (exact) mass is 227 g/mol. The molecule has 0 aliphatic heterocycles.